The van der Waals surface area contributed by atoms with Gasteiger partial charge in [-0.25, -0.2) is 0 Å². The summed E-state index contributed by atoms with van der Waals surface area (Å²) in [5.41, 5.74) is 7.51. The molecule has 0 spiro atoms. The molecule has 0 aliphatic heterocycles. The summed E-state index contributed by atoms with van der Waals surface area (Å²) in [5.74, 6) is 0. The normalized spacial score (nSPS) is 12.9. The number of aromatic nitrogens is 1. The van der Waals surface area contributed by atoms with E-state index in [0.717, 1.165) is 0 Å². The minimum Gasteiger partial charge on any atom is -0.0620 e. The predicted molar refractivity (Wildman–Crippen MR) is 115 cm³/mol. The summed E-state index contributed by atoms with van der Waals surface area (Å²) < 4.78 is 1.31. The van der Waals surface area contributed by atoms with E-state index in [1.54, 1.807) is 22.3 Å². The van der Waals surface area contributed by atoms with Crippen molar-refractivity contribution in [3.8, 4) is 0 Å². The van der Waals surface area contributed by atoms with E-state index < -0.39 is 0 Å². The van der Waals surface area contributed by atoms with Crippen LogP contribution in [-0.4, -0.2) is 4.98 Å². The van der Waals surface area contributed by atoms with Crippen molar-refractivity contribution in [2.45, 2.75) is 38.5 Å². The number of fused-ring (bicyclic) bond motifs is 3. The zero-order valence-electron chi connectivity index (χ0n) is 17.0. The van der Waals surface area contributed by atoms with E-state index in [1.807, 2.05) is 6.07 Å². The number of H-pyrrole nitrogens is 1. The standard InChI is InChI=1S/2C9H10.C8H6N.2ClH.Zr/c2*1-2-5-9-7-3-6-8(9)4-1;1-2-4-8-7(3-1)5-6-9-8;;;/h2*1-2,4-5H,3,6-7H2;1-5,9H;2*1H;/q;;;;;+2/p-2. The second-order valence-electron chi connectivity index (χ2n) is 7.51. The van der Waals surface area contributed by atoms with Crippen LogP contribution in [0.25, 0.3) is 10.9 Å². The van der Waals surface area contributed by atoms with Gasteiger partial charge in [0.1, 0.15) is 0 Å². The average molecular weight is 515 g/mol. The predicted octanol–water partition coefficient (Wildman–Crippen LogP) is -0.301. The molecule has 4 aromatic rings. The molecule has 153 valence electrons. The van der Waals surface area contributed by atoms with E-state index in [4.69, 9.17) is 0 Å². The molecular weight excluding hydrogens is 488 g/mol. The number of nitrogens with one attached hydrogen (secondary N) is 1. The van der Waals surface area contributed by atoms with E-state index >= 15 is 0 Å². The van der Waals surface area contributed by atoms with E-state index in [2.05, 4.69) is 77.8 Å². The van der Waals surface area contributed by atoms with Crippen molar-refractivity contribution in [3.05, 3.63) is 101 Å². The van der Waals surface area contributed by atoms with Crippen molar-refractivity contribution in [3.63, 3.8) is 0 Å². The van der Waals surface area contributed by atoms with Gasteiger partial charge in [0.2, 0.25) is 0 Å². The summed E-state index contributed by atoms with van der Waals surface area (Å²) in [5, 5.41) is 1.31. The van der Waals surface area contributed by atoms with Crippen LogP contribution in [0.3, 0.4) is 0 Å². The molecular formula is C26H26Cl2NZr. The Labute approximate surface area is 207 Å². The largest absolute Gasteiger partial charge is 0.0620 e. The molecule has 0 saturated carbocycles. The Hall–Kier alpha value is -1.34. The number of hydrogen-bond donors (Lipinski definition) is 1. The van der Waals surface area contributed by atoms with Crippen LogP contribution < -0.4 is 28.2 Å². The Morgan fingerprint density at radius 3 is 1.40 bits per heavy atom. The Morgan fingerprint density at radius 1 is 0.567 bits per heavy atom. The zero-order valence-corrected chi connectivity index (χ0v) is 21.0. The second kappa shape index (κ2) is 12.5. The molecule has 6 rings (SSSR count). The molecule has 0 fully saturated rings. The third-order valence-corrected chi connectivity index (χ3v) is 6.21. The van der Waals surface area contributed by atoms with Gasteiger partial charge in [-0.3, -0.25) is 0 Å². The summed E-state index contributed by atoms with van der Waals surface area (Å²) >= 11 is 1.45. The van der Waals surface area contributed by atoms with Gasteiger partial charge in [-0.05, 0) is 60.8 Å². The number of benzene rings is 3. The van der Waals surface area contributed by atoms with Gasteiger partial charge in [-0.1, -0.05) is 48.5 Å². The van der Waals surface area contributed by atoms with Crippen molar-refractivity contribution in [1.82, 2.24) is 4.98 Å². The van der Waals surface area contributed by atoms with Gasteiger partial charge in [-0.15, -0.1) is 0 Å². The fourth-order valence-electron chi connectivity index (χ4n) is 4.10. The van der Waals surface area contributed by atoms with Gasteiger partial charge in [0.15, 0.2) is 0 Å². The third-order valence-electron chi connectivity index (χ3n) is 5.55. The molecule has 0 bridgehead atoms. The topological polar surface area (TPSA) is 15.8 Å². The van der Waals surface area contributed by atoms with Crippen molar-refractivity contribution >= 4 is 14.3 Å². The van der Waals surface area contributed by atoms with Crippen molar-refractivity contribution in [1.29, 1.82) is 0 Å². The maximum atomic E-state index is 3.30. The number of aromatic amines is 1. The Morgan fingerprint density at radius 2 is 0.967 bits per heavy atom. The first-order valence-corrected chi connectivity index (χ1v) is 11.5. The van der Waals surface area contributed by atoms with Crippen LogP contribution in [0.5, 0.6) is 0 Å². The van der Waals surface area contributed by atoms with Crippen LogP contribution in [0.4, 0.5) is 0 Å². The molecule has 0 radical (unpaired) electrons. The number of hydrogen-bond acceptors (Lipinski definition) is 0. The van der Waals surface area contributed by atoms with Crippen molar-refractivity contribution < 1.29 is 49.5 Å². The minimum atomic E-state index is 0. The average Bonchev–Trinajstić information content (AvgIpc) is 3.46. The fourth-order valence-corrected chi connectivity index (χ4v) is 4.82. The molecule has 1 heterocycles. The number of rotatable bonds is 0. The van der Waals surface area contributed by atoms with E-state index in [-0.39, 0.29) is 24.8 Å². The molecule has 4 heteroatoms. The van der Waals surface area contributed by atoms with Crippen molar-refractivity contribution in [2.24, 2.45) is 0 Å². The van der Waals surface area contributed by atoms with Gasteiger partial charge >= 0.3 is 74.3 Å². The summed E-state index contributed by atoms with van der Waals surface area (Å²) in [6, 6.07) is 28.0. The molecule has 1 aromatic heterocycles. The summed E-state index contributed by atoms with van der Waals surface area (Å²) in [4.78, 5) is 3.30. The molecule has 0 unspecified atom stereocenters. The number of halogens is 2. The molecule has 30 heavy (non-hydrogen) atoms. The molecule has 0 amide bonds. The molecule has 2 aliphatic carbocycles. The van der Waals surface area contributed by atoms with Gasteiger partial charge in [0.25, 0.3) is 0 Å². The van der Waals surface area contributed by atoms with Gasteiger partial charge in [-0.2, -0.15) is 0 Å². The van der Waals surface area contributed by atoms with Gasteiger partial charge in [0.05, 0.1) is 0 Å². The van der Waals surface area contributed by atoms with Crippen LogP contribution in [0.2, 0.25) is 0 Å². The van der Waals surface area contributed by atoms with E-state index in [1.165, 1.54) is 77.5 Å². The van der Waals surface area contributed by atoms with Crippen LogP contribution >= 0.6 is 0 Å². The summed E-state index contributed by atoms with van der Waals surface area (Å²) in [7, 11) is 0. The zero-order chi connectivity index (χ0) is 19.2. The quantitative estimate of drug-likeness (QED) is 0.332. The van der Waals surface area contributed by atoms with E-state index in [9.17, 15) is 0 Å². The summed E-state index contributed by atoms with van der Waals surface area (Å²) in [6.45, 7) is 0. The SMILES string of the molecule is [Cl-].[Cl-].[Zr+2][c]1cc2ccccc2[nH]1.c1ccc2c(c1)CCC2.c1ccc2c(c1)CCC2. The first-order valence-electron chi connectivity index (χ1n) is 10.2. The third kappa shape index (κ3) is 6.58. The Kier molecular flexibility index (Phi) is 10.4. The molecule has 3 aromatic carbocycles. The van der Waals surface area contributed by atoms with Crippen LogP contribution in [0, 0.1) is 0 Å². The molecule has 0 atom stereocenters. The smallest absolute Gasteiger partial charge is 0.0273 e. The maximum absolute atomic E-state index is 3.30. The molecule has 2 aliphatic rings. The van der Waals surface area contributed by atoms with Gasteiger partial charge in [0, 0.05) is 0 Å². The first-order chi connectivity index (χ1) is 13.8. The molecule has 0 saturated heterocycles. The molecule has 1 N–H and O–H groups in total. The number of para-hydroxylation sites is 1. The minimum absolute atomic E-state index is 0. The van der Waals surface area contributed by atoms with Crippen LogP contribution in [0.1, 0.15) is 35.1 Å². The maximum Gasteiger partial charge on any atom is -0.0273 e. The van der Waals surface area contributed by atoms with Crippen LogP contribution in [-0.2, 0) is 50.4 Å². The van der Waals surface area contributed by atoms with Gasteiger partial charge < -0.3 is 24.8 Å². The van der Waals surface area contributed by atoms with Crippen LogP contribution in [0.15, 0.2) is 78.9 Å². The number of aryl methyl sites for hydroxylation is 4. The molecule has 1 nitrogen and oxygen atoms in total. The Bertz CT molecular complexity index is 929. The summed E-state index contributed by atoms with van der Waals surface area (Å²) in [6.07, 6.45) is 7.93. The second-order valence-corrected chi connectivity index (χ2v) is 8.84. The fraction of sp³-hybridized carbons (Fsp3) is 0.231. The Balaban J connectivity index is 0.000000155. The van der Waals surface area contributed by atoms with Crippen molar-refractivity contribution in [2.75, 3.05) is 0 Å². The first kappa shape index (κ1) is 24.9. The monoisotopic (exact) mass is 512 g/mol. The van der Waals surface area contributed by atoms with E-state index in [0.29, 0.717) is 0 Å².